The van der Waals surface area contributed by atoms with E-state index in [1.54, 1.807) is 4.50 Å². The Bertz CT molecular complexity index is 699. The van der Waals surface area contributed by atoms with Crippen LogP contribution in [0.3, 0.4) is 0 Å². The van der Waals surface area contributed by atoms with Crippen molar-refractivity contribution in [3.05, 3.63) is 24.3 Å². The van der Waals surface area contributed by atoms with Crippen molar-refractivity contribution in [2.24, 2.45) is 0 Å². The first kappa shape index (κ1) is 16.2. The van der Waals surface area contributed by atoms with Crippen molar-refractivity contribution >= 4 is 46.6 Å². The van der Waals surface area contributed by atoms with Gasteiger partial charge >= 0.3 is 7.12 Å². The van der Waals surface area contributed by atoms with Crippen LogP contribution in [0.2, 0.25) is 19.6 Å². The largest absolute Gasteiger partial charge is 0.494 e. The lowest BCUT2D eigenvalue weighted by Gasteiger charge is -2.32. The molecular formula is C17H25BO2SSi. The lowest BCUT2D eigenvalue weighted by atomic mass is 9.79. The number of thiophene rings is 1. The molecule has 22 heavy (non-hydrogen) atoms. The summed E-state index contributed by atoms with van der Waals surface area (Å²) in [4.78, 5) is 0. The number of hydrogen-bond donors (Lipinski definition) is 0. The summed E-state index contributed by atoms with van der Waals surface area (Å²) < 4.78 is 15.2. The molecule has 3 rings (SSSR count). The molecule has 0 radical (unpaired) electrons. The van der Waals surface area contributed by atoms with Gasteiger partial charge < -0.3 is 9.31 Å². The van der Waals surface area contributed by atoms with E-state index in [9.17, 15) is 0 Å². The van der Waals surface area contributed by atoms with E-state index in [1.807, 2.05) is 11.3 Å². The summed E-state index contributed by atoms with van der Waals surface area (Å²) in [7, 11) is -1.53. The molecule has 1 aliphatic heterocycles. The third-order valence-electron chi connectivity index (χ3n) is 4.81. The molecule has 1 aliphatic rings. The molecule has 0 aliphatic carbocycles. The van der Waals surface area contributed by atoms with Gasteiger partial charge in [0, 0.05) is 4.70 Å². The second kappa shape index (κ2) is 4.94. The van der Waals surface area contributed by atoms with Crippen molar-refractivity contribution in [1.29, 1.82) is 0 Å². The molecule has 0 bridgehead atoms. The van der Waals surface area contributed by atoms with Gasteiger partial charge in [0.2, 0.25) is 0 Å². The predicted molar refractivity (Wildman–Crippen MR) is 101 cm³/mol. The lowest BCUT2D eigenvalue weighted by molar-refractivity contribution is 0.00578. The minimum atomic E-state index is -1.26. The average Bonchev–Trinajstić information content (AvgIpc) is 2.87. The van der Waals surface area contributed by atoms with Crippen LogP contribution >= 0.6 is 11.3 Å². The van der Waals surface area contributed by atoms with Crippen LogP contribution in [-0.4, -0.2) is 26.4 Å². The Hall–Kier alpha value is -0.618. The van der Waals surface area contributed by atoms with Gasteiger partial charge in [-0.2, -0.15) is 0 Å². The Labute approximate surface area is 139 Å². The number of fused-ring (bicyclic) bond motifs is 1. The normalized spacial score (nSPS) is 20.8. The summed E-state index contributed by atoms with van der Waals surface area (Å²) in [5.74, 6) is 0. The topological polar surface area (TPSA) is 18.5 Å². The Morgan fingerprint density at radius 1 is 0.955 bits per heavy atom. The molecular weight excluding hydrogens is 307 g/mol. The van der Waals surface area contributed by atoms with Gasteiger partial charge in [-0.25, -0.2) is 0 Å². The van der Waals surface area contributed by atoms with E-state index in [0.717, 1.165) is 5.46 Å². The van der Waals surface area contributed by atoms with Gasteiger partial charge in [0.15, 0.2) is 0 Å². The average molecular weight is 332 g/mol. The monoisotopic (exact) mass is 332 g/mol. The SMILES string of the molecule is CC1(C)OB(c2ccc3cc([Si](C)(C)C)sc3c2)OC1(C)C. The van der Waals surface area contributed by atoms with Crippen molar-refractivity contribution in [2.75, 3.05) is 0 Å². The van der Waals surface area contributed by atoms with Crippen molar-refractivity contribution in [1.82, 2.24) is 0 Å². The summed E-state index contributed by atoms with van der Waals surface area (Å²) >= 11 is 1.93. The standard InChI is InChI=1S/C17H25BO2SSi/c1-16(2)17(3,4)20-18(19-16)13-9-8-12-10-15(22(5,6)7)21-14(12)11-13/h8-11H,1-7H3. The second-order valence-electron chi connectivity index (χ2n) is 8.25. The highest BCUT2D eigenvalue weighted by atomic mass is 32.1. The molecule has 0 N–H and O–H groups in total. The number of benzene rings is 1. The van der Waals surface area contributed by atoms with E-state index in [4.69, 9.17) is 9.31 Å². The van der Waals surface area contributed by atoms with Gasteiger partial charge in [-0.1, -0.05) is 31.8 Å². The van der Waals surface area contributed by atoms with Crippen molar-refractivity contribution in [3.8, 4) is 0 Å². The summed E-state index contributed by atoms with van der Waals surface area (Å²) in [5, 5.41) is 1.34. The van der Waals surface area contributed by atoms with E-state index in [-0.39, 0.29) is 18.3 Å². The summed E-state index contributed by atoms with van der Waals surface area (Å²) in [6.45, 7) is 15.6. The van der Waals surface area contributed by atoms with E-state index < -0.39 is 8.07 Å². The van der Waals surface area contributed by atoms with Crippen LogP contribution in [0.4, 0.5) is 0 Å². The molecule has 1 aromatic heterocycles. The Morgan fingerprint density at radius 2 is 1.55 bits per heavy atom. The molecule has 1 saturated heterocycles. The van der Waals surface area contributed by atoms with Gasteiger partial charge in [0.1, 0.15) is 0 Å². The van der Waals surface area contributed by atoms with Gasteiger partial charge in [-0.3, -0.25) is 0 Å². The van der Waals surface area contributed by atoms with Crippen molar-refractivity contribution < 1.29 is 9.31 Å². The first-order valence-corrected chi connectivity index (χ1v) is 12.2. The highest BCUT2D eigenvalue weighted by Gasteiger charge is 2.51. The molecule has 2 nitrogen and oxygen atoms in total. The molecule has 5 heteroatoms. The Kier molecular flexibility index (Phi) is 3.65. The van der Waals surface area contributed by atoms with Crippen LogP contribution in [0.5, 0.6) is 0 Å². The van der Waals surface area contributed by atoms with Crippen LogP contribution < -0.4 is 9.96 Å². The summed E-state index contributed by atoms with van der Waals surface area (Å²) in [6, 6.07) is 8.95. The van der Waals surface area contributed by atoms with Crippen LogP contribution in [0.1, 0.15) is 27.7 Å². The van der Waals surface area contributed by atoms with Crippen molar-refractivity contribution in [3.63, 3.8) is 0 Å². The first-order chi connectivity index (χ1) is 9.99. The summed E-state index contributed by atoms with van der Waals surface area (Å²) in [6.07, 6.45) is 0. The lowest BCUT2D eigenvalue weighted by Crippen LogP contribution is -2.41. The van der Waals surface area contributed by atoms with Crippen LogP contribution in [0, 0.1) is 0 Å². The van der Waals surface area contributed by atoms with Crippen molar-refractivity contribution in [2.45, 2.75) is 58.5 Å². The quantitative estimate of drug-likeness (QED) is 0.780. The molecule has 118 valence electrons. The molecule has 2 aromatic rings. The number of rotatable bonds is 2. The van der Waals surface area contributed by atoms with Crippen LogP contribution in [0.25, 0.3) is 10.1 Å². The molecule has 1 fully saturated rings. The predicted octanol–water partition coefficient (Wildman–Crippen LogP) is 3.75. The first-order valence-electron chi connectivity index (χ1n) is 7.89. The van der Waals surface area contributed by atoms with Crippen LogP contribution in [0.15, 0.2) is 24.3 Å². The fourth-order valence-electron chi connectivity index (χ4n) is 2.54. The number of hydrogen-bond acceptors (Lipinski definition) is 3. The highest BCUT2D eigenvalue weighted by molar-refractivity contribution is 7.31. The zero-order valence-corrected chi connectivity index (χ0v) is 16.4. The Balaban J connectivity index is 1.97. The minimum absolute atomic E-state index is 0.271. The molecule has 0 amide bonds. The maximum absolute atomic E-state index is 6.16. The second-order valence-corrected chi connectivity index (χ2v) is 14.7. The highest BCUT2D eigenvalue weighted by Crippen LogP contribution is 2.36. The molecule has 0 atom stereocenters. The molecule has 2 heterocycles. The van der Waals surface area contributed by atoms with Gasteiger partial charge in [0.05, 0.1) is 19.3 Å². The van der Waals surface area contributed by atoms with Crippen LogP contribution in [-0.2, 0) is 9.31 Å². The third kappa shape index (κ3) is 2.69. The van der Waals surface area contributed by atoms with E-state index in [1.165, 1.54) is 10.1 Å². The smallest absolute Gasteiger partial charge is 0.399 e. The van der Waals surface area contributed by atoms with Gasteiger partial charge in [-0.05, 0) is 55.2 Å². The van der Waals surface area contributed by atoms with E-state index in [2.05, 4.69) is 71.6 Å². The fourth-order valence-corrected chi connectivity index (χ4v) is 5.55. The third-order valence-corrected chi connectivity index (χ3v) is 9.49. The van der Waals surface area contributed by atoms with E-state index in [0.29, 0.717) is 0 Å². The van der Waals surface area contributed by atoms with Gasteiger partial charge in [-0.15, -0.1) is 11.3 Å². The molecule has 0 unspecified atom stereocenters. The summed E-state index contributed by atoms with van der Waals surface area (Å²) in [5.41, 5.74) is 0.548. The Morgan fingerprint density at radius 3 is 2.09 bits per heavy atom. The fraction of sp³-hybridized carbons (Fsp3) is 0.529. The zero-order valence-electron chi connectivity index (χ0n) is 14.6. The molecule has 0 spiro atoms. The zero-order chi connectivity index (χ0) is 16.3. The molecule has 1 aromatic carbocycles. The molecule has 0 saturated carbocycles. The maximum Gasteiger partial charge on any atom is 0.494 e. The van der Waals surface area contributed by atoms with Gasteiger partial charge in [0.25, 0.3) is 0 Å². The maximum atomic E-state index is 6.16. The van der Waals surface area contributed by atoms with E-state index >= 15 is 0 Å². The minimum Gasteiger partial charge on any atom is -0.399 e.